The van der Waals surface area contributed by atoms with Crippen LogP contribution in [0.3, 0.4) is 0 Å². The van der Waals surface area contributed by atoms with E-state index in [2.05, 4.69) is 0 Å². The number of carbonyl (C=O) groups is 1. The molecule has 26 heavy (non-hydrogen) atoms. The molecule has 3 rings (SSSR count). The Morgan fingerprint density at radius 1 is 0.692 bits per heavy atom. The highest BCUT2D eigenvalue weighted by molar-refractivity contribution is 6.09. The molecule has 0 saturated carbocycles. The normalized spacial score (nSPS) is 10.5. The number of methoxy groups -OCH3 is 1. The summed E-state index contributed by atoms with van der Waals surface area (Å²) in [4.78, 5) is 12.7. The lowest BCUT2D eigenvalue weighted by Crippen LogP contribution is -2.03. The second-order valence-corrected chi connectivity index (χ2v) is 6.39. The number of rotatable bonds is 5. The zero-order chi connectivity index (χ0) is 18.7. The molecule has 3 heteroatoms. The largest absolute Gasteiger partial charge is 0.497 e. The Morgan fingerprint density at radius 2 is 1.27 bits per heavy atom. The summed E-state index contributed by atoms with van der Waals surface area (Å²) in [7, 11) is 1.63. The van der Waals surface area contributed by atoms with Gasteiger partial charge in [-0.1, -0.05) is 12.1 Å². The molecule has 0 aliphatic carbocycles. The monoisotopic (exact) mass is 346 g/mol. The van der Waals surface area contributed by atoms with E-state index in [0.29, 0.717) is 11.1 Å². The van der Waals surface area contributed by atoms with Gasteiger partial charge in [-0.3, -0.25) is 4.79 Å². The Kier molecular flexibility index (Phi) is 5.08. The van der Waals surface area contributed by atoms with Crippen LogP contribution in [0.2, 0.25) is 0 Å². The van der Waals surface area contributed by atoms with E-state index in [1.165, 1.54) is 5.56 Å². The zero-order valence-electron chi connectivity index (χ0n) is 15.5. The third-order valence-corrected chi connectivity index (χ3v) is 4.49. The third kappa shape index (κ3) is 3.77. The molecule has 3 aromatic rings. The van der Waals surface area contributed by atoms with Gasteiger partial charge in [-0.2, -0.15) is 0 Å². The zero-order valence-corrected chi connectivity index (χ0v) is 15.5. The van der Waals surface area contributed by atoms with E-state index in [4.69, 9.17) is 9.47 Å². The van der Waals surface area contributed by atoms with Crippen LogP contribution >= 0.6 is 0 Å². The van der Waals surface area contributed by atoms with Crippen molar-refractivity contribution in [1.82, 2.24) is 0 Å². The molecule has 0 saturated heterocycles. The second kappa shape index (κ2) is 7.44. The smallest absolute Gasteiger partial charge is 0.193 e. The molecular weight excluding hydrogens is 324 g/mol. The summed E-state index contributed by atoms with van der Waals surface area (Å²) in [5.41, 5.74) is 4.58. The summed E-state index contributed by atoms with van der Waals surface area (Å²) in [6.45, 7) is 6.00. The summed E-state index contributed by atoms with van der Waals surface area (Å²) < 4.78 is 11.1. The van der Waals surface area contributed by atoms with Crippen LogP contribution in [0.1, 0.15) is 32.6 Å². The predicted octanol–water partition coefficient (Wildman–Crippen LogP) is 5.64. The van der Waals surface area contributed by atoms with Crippen molar-refractivity contribution < 1.29 is 14.3 Å². The van der Waals surface area contributed by atoms with Crippen molar-refractivity contribution in [1.29, 1.82) is 0 Å². The van der Waals surface area contributed by atoms with Crippen molar-refractivity contribution in [3.05, 3.63) is 88.5 Å². The molecule has 0 aromatic heterocycles. The number of hydrogen-bond acceptors (Lipinski definition) is 3. The van der Waals surface area contributed by atoms with E-state index in [0.717, 1.165) is 28.4 Å². The molecular formula is C23H22O3. The van der Waals surface area contributed by atoms with Gasteiger partial charge in [0.1, 0.15) is 17.2 Å². The maximum atomic E-state index is 12.7. The SMILES string of the molecule is COc1ccc(Oc2ccc(C(=O)c3ccc(C)c(C)c3)cc2C)cc1. The summed E-state index contributed by atoms with van der Waals surface area (Å²) in [5, 5.41) is 0. The van der Waals surface area contributed by atoms with Gasteiger partial charge in [-0.15, -0.1) is 0 Å². The Bertz CT molecular complexity index is 940. The average Bonchev–Trinajstić information content (AvgIpc) is 2.65. The van der Waals surface area contributed by atoms with Crippen molar-refractivity contribution >= 4 is 5.78 Å². The molecule has 0 N–H and O–H groups in total. The van der Waals surface area contributed by atoms with Crippen LogP contribution in [0.25, 0.3) is 0 Å². The molecule has 0 unspecified atom stereocenters. The number of ether oxygens (including phenoxy) is 2. The lowest BCUT2D eigenvalue weighted by molar-refractivity contribution is 0.103. The highest BCUT2D eigenvalue weighted by Crippen LogP contribution is 2.28. The quantitative estimate of drug-likeness (QED) is 0.561. The fraction of sp³-hybridized carbons (Fsp3) is 0.174. The van der Waals surface area contributed by atoms with Crippen molar-refractivity contribution in [3.8, 4) is 17.2 Å². The molecule has 3 aromatic carbocycles. The van der Waals surface area contributed by atoms with Gasteiger partial charge in [0.15, 0.2) is 5.78 Å². The standard InChI is InChI=1S/C23H22O3/c1-15-5-6-18(13-16(15)2)23(24)19-7-12-22(17(3)14-19)26-21-10-8-20(25-4)9-11-21/h5-14H,1-4H3. The van der Waals surface area contributed by atoms with Crippen LogP contribution in [0.5, 0.6) is 17.2 Å². The molecule has 0 atom stereocenters. The van der Waals surface area contributed by atoms with E-state index in [9.17, 15) is 4.79 Å². The van der Waals surface area contributed by atoms with Crippen LogP contribution in [-0.2, 0) is 0 Å². The molecule has 132 valence electrons. The molecule has 3 nitrogen and oxygen atoms in total. The van der Waals surface area contributed by atoms with Gasteiger partial charge in [0.25, 0.3) is 0 Å². The Balaban J connectivity index is 1.82. The summed E-state index contributed by atoms with van der Waals surface area (Å²) in [6, 6.07) is 18.7. The molecule has 0 fully saturated rings. The first-order chi connectivity index (χ1) is 12.5. The number of carbonyl (C=O) groups excluding carboxylic acids is 1. The maximum Gasteiger partial charge on any atom is 0.193 e. The van der Waals surface area contributed by atoms with Crippen molar-refractivity contribution in [3.63, 3.8) is 0 Å². The lowest BCUT2D eigenvalue weighted by atomic mass is 9.98. The van der Waals surface area contributed by atoms with Crippen LogP contribution < -0.4 is 9.47 Å². The Labute approximate surface area is 154 Å². The minimum absolute atomic E-state index is 0.0206. The summed E-state index contributed by atoms with van der Waals surface area (Å²) in [6.07, 6.45) is 0. The second-order valence-electron chi connectivity index (χ2n) is 6.39. The highest BCUT2D eigenvalue weighted by Gasteiger charge is 2.12. The summed E-state index contributed by atoms with van der Waals surface area (Å²) in [5.74, 6) is 2.25. The van der Waals surface area contributed by atoms with Gasteiger partial charge >= 0.3 is 0 Å². The van der Waals surface area contributed by atoms with Crippen molar-refractivity contribution in [2.45, 2.75) is 20.8 Å². The predicted molar refractivity (Wildman–Crippen MR) is 104 cm³/mol. The number of hydrogen-bond donors (Lipinski definition) is 0. The Morgan fingerprint density at radius 3 is 1.85 bits per heavy atom. The number of ketones is 1. The van der Waals surface area contributed by atoms with E-state index < -0.39 is 0 Å². The first kappa shape index (κ1) is 17.7. The van der Waals surface area contributed by atoms with Gasteiger partial charge in [-0.25, -0.2) is 0 Å². The summed E-state index contributed by atoms with van der Waals surface area (Å²) >= 11 is 0. The van der Waals surface area contributed by atoms with E-state index in [1.54, 1.807) is 7.11 Å². The van der Waals surface area contributed by atoms with Gasteiger partial charge in [0, 0.05) is 11.1 Å². The molecule has 0 bridgehead atoms. The molecule has 0 heterocycles. The molecule has 0 amide bonds. The van der Waals surface area contributed by atoms with E-state index >= 15 is 0 Å². The molecule has 0 aliphatic rings. The van der Waals surface area contributed by atoms with Crippen LogP contribution in [0, 0.1) is 20.8 Å². The fourth-order valence-corrected chi connectivity index (χ4v) is 2.73. The van der Waals surface area contributed by atoms with Gasteiger partial charge < -0.3 is 9.47 Å². The van der Waals surface area contributed by atoms with E-state index in [1.807, 2.05) is 81.4 Å². The number of aryl methyl sites for hydroxylation is 3. The van der Waals surface area contributed by atoms with Crippen LogP contribution in [-0.4, -0.2) is 12.9 Å². The first-order valence-electron chi connectivity index (χ1n) is 8.52. The topological polar surface area (TPSA) is 35.5 Å². The van der Waals surface area contributed by atoms with E-state index in [-0.39, 0.29) is 5.78 Å². The fourth-order valence-electron chi connectivity index (χ4n) is 2.73. The molecule has 0 aliphatic heterocycles. The minimum Gasteiger partial charge on any atom is -0.497 e. The molecule has 0 radical (unpaired) electrons. The van der Waals surface area contributed by atoms with Crippen molar-refractivity contribution in [2.24, 2.45) is 0 Å². The average molecular weight is 346 g/mol. The Hall–Kier alpha value is -3.07. The van der Waals surface area contributed by atoms with Gasteiger partial charge in [0.05, 0.1) is 7.11 Å². The third-order valence-electron chi connectivity index (χ3n) is 4.49. The lowest BCUT2D eigenvalue weighted by Gasteiger charge is -2.11. The first-order valence-corrected chi connectivity index (χ1v) is 8.52. The van der Waals surface area contributed by atoms with Crippen LogP contribution in [0.4, 0.5) is 0 Å². The van der Waals surface area contributed by atoms with Crippen molar-refractivity contribution in [2.75, 3.05) is 7.11 Å². The van der Waals surface area contributed by atoms with Gasteiger partial charge in [-0.05, 0) is 86.0 Å². The number of benzene rings is 3. The molecule has 0 spiro atoms. The van der Waals surface area contributed by atoms with Crippen LogP contribution in [0.15, 0.2) is 60.7 Å². The van der Waals surface area contributed by atoms with Gasteiger partial charge in [0.2, 0.25) is 0 Å². The minimum atomic E-state index is 0.0206. The highest BCUT2D eigenvalue weighted by atomic mass is 16.5. The maximum absolute atomic E-state index is 12.7.